The van der Waals surface area contributed by atoms with E-state index >= 15 is 0 Å². The molecule has 0 aliphatic heterocycles. The van der Waals surface area contributed by atoms with E-state index in [-0.39, 0.29) is 18.9 Å². The quantitative estimate of drug-likeness (QED) is 0.438. The Hall–Kier alpha value is -3.87. The van der Waals surface area contributed by atoms with Crippen LogP contribution in [-0.4, -0.2) is 41.3 Å². The van der Waals surface area contributed by atoms with E-state index in [1.54, 1.807) is 6.20 Å². The molecule has 2 aromatic carbocycles. The van der Waals surface area contributed by atoms with Gasteiger partial charge < -0.3 is 20.5 Å². The summed E-state index contributed by atoms with van der Waals surface area (Å²) in [6.45, 7) is 0.695. The summed E-state index contributed by atoms with van der Waals surface area (Å²) in [5.41, 5.74) is 4.50. The molecule has 164 valence electrons. The highest BCUT2D eigenvalue weighted by molar-refractivity contribution is 5.81. The van der Waals surface area contributed by atoms with E-state index in [1.807, 2.05) is 54.6 Å². The molecule has 3 aromatic rings. The van der Waals surface area contributed by atoms with Crippen LogP contribution in [0.15, 0.2) is 72.9 Å². The predicted octanol–water partition coefficient (Wildman–Crippen LogP) is 4.27. The number of pyridine rings is 1. The maximum Gasteiger partial charge on any atom is 0.407 e. The summed E-state index contributed by atoms with van der Waals surface area (Å²) < 4.78 is 5.46. The number of hydrogen-bond acceptors (Lipinski definition) is 5. The van der Waals surface area contributed by atoms with Crippen molar-refractivity contribution in [3.8, 4) is 11.1 Å². The number of hydrogen-bond donors (Lipinski definition) is 3. The van der Waals surface area contributed by atoms with E-state index in [2.05, 4.69) is 27.8 Å². The Morgan fingerprint density at radius 1 is 0.969 bits per heavy atom. The Kier molecular flexibility index (Phi) is 6.65. The maximum absolute atomic E-state index is 12.4. The van der Waals surface area contributed by atoms with Crippen molar-refractivity contribution in [3.63, 3.8) is 0 Å². The van der Waals surface area contributed by atoms with E-state index in [4.69, 9.17) is 4.74 Å². The van der Waals surface area contributed by atoms with Gasteiger partial charge in [-0.2, -0.15) is 0 Å². The maximum atomic E-state index is 12.4. The number of fused-ring (bicyclic) bond motifs is 3. The smallest absolute Gasteiger partial charge is 0.407 e. The lowest BCUT2D eigenvalue weighted by Crippen LogP contribution is -2.41. The number of nitrogens with one attached hydrogen (secondary N) is 2. The van der Waals surface area contributed by atoms with Gasteiger partial charge in [-0.1, -0.05) is 54.6 Å². The summed E-state index contributed by atoms with van der Waals surface area (Å²) in [7, 11) is 0. The lowest BCUT2D eigenvalue weighted by Gasteiger charge is -2.17. The van der Waals surface area contributed by atoms with E-state index in [0.29, 0.717) is 13.0 Å². The molecule has 1 aliphatic rings. The topological polar surface area (TPSA) is 101 Å². The van der Waals surface area contributed by atoms with Gasteiger partial charge in [-0.05, 0) is 47.2 Å². The average Bonchev–Trinajstić information content (AvgIpc) is 3.14. The molecule has 4 rings (SSSR count). The van der Waals surface area contributed by atoms with Crippen LogP contribution in [-0.2, 0) is 9.53 Å². The standard InChI is InChI=1S/C25H25N3O4/c29-24(30)22(12-7-15-27-23-13-5-6-14-26-23)28-25(31)32-16-21-19-10-3-1-8-17(19)18-9-2-4-11-20(18)21/h1-6,8-11,13-14,21-22H,7,12,15-16H2,(H,26,27)(H,28,31)(H,29,30). The number of carbonyl (C=O) groups excluding carboxylic acids is 1. The van der Waals surface area contributed by atoms with Crippen molar-refractivity contribution in [2.24, 2.45) is 0 Å². The Labute approximate surface area is 186 Å². The summed E-state index contributed by atoms with van der Waals surface area (Å²) in [5.74, 6) is -0.431. The summed E-state index contributed by atoms with van der Waals surface area (Å²) in [6.07, 6.45) is 1.79. The van der Waals surface area contributed by atoms with Gasteiger partial charge in [0.25, 0.3) is 0 Å². The van der Waals surface area contributed by atoms with E-state index in [9.17, 15) is 14.7 Å². The molecule has 7 heteroatoms. The Morgan fingerprint density at radius 3 is 2.25 bits per heavy atom. The van der Waals surface area contributed by atoms with Gasteiger partial charge in [-0.3, -0.25) is 0 Å². The zero-order valence-electron chi connectivity index (χ0n) is 17.5. The van der Waals surface area contributed by atoms with Gasteiger partial charge in [0.1, 0.15) is 18.5 Å². The van der Waals surface area contributed by atoms with Gasteiger partial charge >= 0.3 is 12.1 Å². The van der Waals surface area contributed by atoms with Crippen LogP contribution in [0.1, 0.15) is 29.9 Å². The number of alkyl carbamates (subject to hydrolysis) is 1. The molecule has 0 bridgehead atoms. The number of carboxylic acid groups (broad SMARTS) is 1. The Morgan fingerprint density at radius 2 is 1.62 bits per heavy atom. The molecule has 1 unspecified atom stereocenters. The van der Waals surface area contributed by atoms with Gasteiger partial charge in [0.15, 0.2) is 0 Å². The Balaban J connectivity index is 1.30. The van der Waals surface area contributed by atoms with Crippen molar-refractivity contribution < 1.29 is 19.4 Å². The molecular weight excluding hydrogens is 406 g/mol. The first-order valence-corrected chi connectivity index (χ1v) is 10.6. The number of aromatic nitrogens is 1. The zero-order chi connectivity index (χ0) is 22.3. The fraction of sp³-hybridized carbons (Fsp3) is 0.240. The number of nitrogens with zero attached hydrogens (tertiary/aromatic N) is 1. The van der Waals surface area contributed by atoms with Gasteiger partial charge in [-0.25, -0.2) is 14.6 Å². The first-order chi connectivity index (χ1) is 15.6. The molecule has 7 nitrogen and oxygen atoms in total. The predicted molar refractivity (Wildman–Crippen MR) is 122 cm³/mol. The van der Waals surface area contributed by atoms with Gasteiger partial charge in [0, 0.05) is 18.7 Å². The van der Waals surface area contributed by atoms with Crippen LogP contribution in [0.4, 0.5) is 10.6 Å². The monoisotopic (exact) mass is 431 g/mol. The first kappa shape index (κ1) is 21.4. The summed E-state index contributed by atoms with van der Waals surface area (Å²) in [5, 5.41) is 15.1. The van der Waals surface area contributed by atoms with Crippen molar-refractivity contribution >= 4 is 17.9 Å². The normalized spacial score (nSPS) is 13.0. The van der Waals surface area contributed by atoms with Crippen molar-refractivity contribution in [1.29, 1.82) is 0 Å². The van der Waals surface area contributed by atoms with E-state index in [1.165, 1.54) is 0 Å². The number of carboxylic acids is 1. The number of anilines is 1. The molecule has 1 atom stereocenters. The lowest BCUT2D eigenvalue weighted by atomic mass is 9.98. The van der Waals surface area contributed by atoms with Crippen molar-refractivity contribution in [3.05, 3.63) is 84.1 Å². The van der Waals surface area contributed by atoms with Gasteiger partial charge in [0.2, 0.25) is 0 Å². The van der Waals surface area contributed by atoms with Crippen LogP contribution in [0.2, 0.25) is 0 Å². The number of rotatable bonds is 9. The van der Waals surface area contributed by atoms with Crippen LogP contribution in [0.25, 0.3) is 11.1 Å². The fourth-order valence-corrected chi connectivity index (χ4v) is 4.03. The highest BCUT2D eigenvalue weighted by Gasteiger charge is 2.29. The van der Waals surface area contributed by atoms with Gasteiger partial charge in [-0.15, -0.1) is 0 Å². The van der Waals surface area contributed by atoms with E-state index < -0.39 is 18.1 Å². The van der Waals surface area contributed by atoms with Crippen LogP contribution >= 0.6 is 0 Å². The fourth-order valence-electron chi connectivity index (χ4n) is 4.03. The number of amides is 1. The number of carbonyl (C=O) groups is 2. The highest BCUT2D eigenvalue weighted by atomic mass is 16.5. The largest absolute Gasteiger partial charge is 0.480 e. The second kappa shape index (κ2) is 9.96. The Bertz CT molecular complexity index is 1040. The number of ether oxygens (including phenoxy) is 1. The second-order valence-electron chi connectivity index (χ2n) is 7.64. The minimum absolute atomic E-state index is 0.0704. The minimum atomic E-state index is -1.09. The molecule has 0 fully saturated rings. The van der Waals surface area contributed by atoms with E-state index in [0.717, 1.165) is 28.1 Å². The second-order valence-corrected chi connectivity index (χ2v) is 7.64. The molecule has 0 radical (unpaired) electrons. The third-order valence-corrected chi connectivity index (χ3v) is 5.57. The number of aliphatic carboxylic acids is 1. The number of benzene rings is 2. The molecule has 32 heavy (non-hydrogen) atoms. The van der Waals surface area contributed by atoms with Crippen LogP contribution in [0.5, 0.6) is 0 Å². The lowest BCUT2D eigenvalue weighted by molar-refractivity contribution is -0.139. The SMILES string of the molecule is O=C(NC(CCCNc1ccccn1)C(=O)O)OCC1c2ccccc2-c2ccccc21. The molecule has 0 saturated heterocycles. The van der Waals surface area contributed by atoms with Crippen molar-refractivity contribution in [2.45, 2.75) is 24.8 Å². The molecule has 3 N–H and O–H groups in total. The average molecular weight is 431 g/mol. The summed E-state index contributed by atoms with van der Waals surface area (Å²) >= 11 is 0. The van der Waals surface area contributed by atoms with Crippen LogP contribution < -0.4 is 10.6 Å². The summed E-state index contributed by atoms with van der Waals surface area (Å²) in [6, 6.07) is 20.6. The molecule has 1 amide bonds. The van der Waals surface area contributed by atoms with Crippen LogP contribution in [0.3, 0.4) is 0 Å². The van der Waals surface area contributed by atoms with Gasteiger partial charge in [0.05, 0.1) is 0 Å². The molecule has 0 spiro atoms. The molecule has 1 heterocycles. The zero-order valence-corrected chi connectivity index (χ0v) is 17.5. The highest BCUT2D eigenvalue weighted by Crippen LogP contribution is 2.44. The molecule has 1 aromatic heterocycles. The first-order valence-electron chi connectivity index (χ1n) is 10.6. The molecular formula is C25H25N3O4. The minimum Gasteiger partial charge on any atom is -0.480 e. The van der Waals surface area contributed by atoms with Crippen molar-refractivity contribution in [1.82, 2.24) is 10.3 Å². The molecule has 1 aliphatic carbocycles. The third kappa shape index (κ3) is 4.88. The van der Waals surface area contributed by atoms with Crippen molar-refractivity contribution in [2.75, 3.05) is 18.5 Å². The summed E-state index contributed by atoms with van der Waals surface area (Å²) in [4.78, 5) is 28.1. The third-order valence-electron chi connectivity index (χ3n) is 5.57. The molecule has 0 saturated carbocycles. The van der Waals surface area contributed by atoms with Crippen LogP contribution in [0, 0.1) is 0 Å².